The van der Waals surface area contributed by atoms with Crippen molar-refractivity contribution < 1.29 is 0 Å². The monoisotopic (exact) mass is 260 g/mol. The lowest BCUT2D eigenvalue weighted by atomic mass is 9.88. The Morgan fingerprint density at radius 2 is 2.00 bits per heavy atom. The topological polar surface area (TPSA) is 24.9 Å². The van der Waals surface area contributed by atoms with Crippen molar-refractivity contribution in [1.82, 2.24) is 10.3 Å². The molecule has 1 saturated heterocycles. The molecule has 0 unspecified atom stereocenters. The molecule has 0 atom stereocenters. The van der Waals surface area contributed by atoms with Crippen molar-refractivity contribution in [2.75, 3.05) is 13.1 Å². The predicted octanol–water partition coefficient (Wildman–Crippen LogP) is 3.66. The van der Waals surface area contributed by atoms with E-state index in [0.29, 0.717) is 5.92 Å². The summed E-state index contributed by atoms with van der Waals surface area (Å²) in [6.07, 6.45) is 2.40. The third kappa shape index (κ3) is 2.23. The van der Waals surface area contributed by atoms with Gasteiger partial charge in [-0.25, -0.2) is 0 Å². The van der Waals surface area contributed by atoms with E-state index in [1.54, 1.807) is 0 Å². The van der Waals surface area contributed by atoms with Crippen LogP contribution in [0.5, 0.6) is 0 Å². The van der Waals surface area contributed by atoms with E-state index < -0.39 is 0 Å². The second kappa shape index (κ2) is 4.87. The highest BCUT2D eigenvalue weighted by molar-refractivity contribution is 6.31. The van der Waals surface area contributed by atoms with E-state index in [2.05, 4.69) is 29.4 Å². The fourth-order valence-electron chi connectivity index (χ4n) is 2.83. The van der Waals surface area contributed by atoms with Crippen molar-refractivity contribution in [3.63, 3.8) is 0 Å². The van der Waals surface area contributed by atoms with Crippen molar-refractivity contribution in [3.8, 4) is 0 Å². The summed E-state index contributed by atoms with van der Waals surface area (Å²) in [5.74, 6) is 0.633. The maximum atomic E-state index is 6.13. The van der Waals surface area contributed by atoms with Crippen LogP contribution >= 0.6 is 11.6 Å². The number of hydrogen-bond acceptors (Lipinski definition) is 2. The number of nitrogens with zero attached hydrogens (tertiary/aromatic N) is 1. The zero-order valence-electron chi connectivity index (χ0n) is 10.5. The van der Waals surface area contributed by atoms with Crippen LogP contribution in [0.1, 0.15) is 30.0 Å². The summed E-state index contributed by atoms with van der Waals surface area (Å²) in [5.41, 5.74) is 3.58. The van der Waals surface area contributed by atoms with Crippen LogP contribution in [-0.2, 0) is 0 Å². The van der Waals surface area contributed by atoms with Gasteiger partial charge in [0, 0.05) is 16.1 Å². The first-order chi connectivity index (χ1) is 8.74. The SMILES string of the molecule is Cc1cc(C2CCNCC2)c2cc(Cl)ccc2n1. The van der Waals surface area contributed by atoms with Crippen molar-refractivity contribution in [1.29, 1.82) is 0 Å². The summed E-state index contributed by atoms with van der Waals surface area (Å²) >= 11 is 6.13. The fourth-order valence-corrected chi connectivity index (χ4v) is 3.00. The van der Waals surface area contributed by atoms with Gasteiger partial charge in [0.1, 0.15) is 0 Å². The van der Waals surface area contributed by atoms with Gasteiger partial charge in [0.05, 0.1) is 5.52 Å². The Morgan fingerprint density at radius 1 is 1.22 bits per heavy atom. The van der Waals surface area contributed by atoms with Crippen LogP contribution in [0.25, 0.3) is 10.9 Å². The normalized spacial score (nSPS) is 17.2. The van der Waals surface area contributed by atoms with Gasteiger partial charge in [0.25, 0.3) is 0 Å². The van der Waals surface area contributed by atoms with Crippen LogP contribution in [0.3, 0.4) is 0 Å². The van der Waals surface area contributed by atoms with Gasteiger partial charge in [-0.2, -0.15) is 0 Å². The number of hydrogen-bond donors (Lipinski definition) is 1. The molecule has 1 aromatic carbocycles. The highest BCUT2D eigenvalue weighted by atomic mass is 35.5. The third-order valence-electron chi connectivity index (χ3n) is 3.71. The smallest absolute Gasteiger partial charge is 0.0709 e. The van der Waals surface area contributed by atoms with E-state index in [1.807, 2.05) is 12.1 Å². The number of rotatable bonds is 1. The molecular formula is C15H17ClN2. The molecule has 0 amide bonds. The van der Waals surface area contributed by atoms with E-state index in [4.69, 9.17) is 11.6 Å². The molecule has 0 radical (unpaired) electrons. The molecule has 18 heavy (non-hydrogen) atoms. The van der Waals surface area contributed by atoms with Crippen molar-refractivity contribution >= 4 is 22.5 Å². The largest absolute Gasteiger partial charge is 0.317 e. The zero-order valence-corrected chi connectivity index (χ0v) is 11.3. The molecule has 2 heterocycles. The number of fused-ring (bicyclic) bond motifs is 1. The fraction of sp³-hybridized carbons (Fsp3) is 0.400. The standard InChI is InChI=1S/C15H17ClN2/c1-10-8-13(11-4-6-17-7-5-11)14-9-12(16)2-3-15(14)18-10/h2-3,8-9,11,17H,4-7H2,1H3. The van der Waals surface area contributed by atoms with Crippen LogP contribution in [-0.4, -0.2) is 18.1 Å². The van der Waals surface area contributed by atoms with E-state index in [1.165, 1.54) is 23.8 Å². The van der Waals surface area contributed by atoms with Gasteiger partial charge < -0.3 is 5.32 Å². The van der Waals surface area contributed by atoms with Crippen molar-refractivity contribution in [3.05, 3.63) is 40.5 Å². The van der Waals surface area contributed by atoms with E-state index in [-0.39, 0.29) is 0 Å². The second-order valence-electron chi connectivity index (χ2n) is 5.04. The van der Waals surface area contributed by atoms with Crippen molar-refractivity contribution in [2.45, 2.75) is 25.7 Å². The molecule has 1 fully saturated rings. The Hall–Kier alpha value is -1.12. The van der Waals surface area contributed by atoms with Gasteiger partial charge >= 0.3 is 0 Å². The summed E-state index contributed by atoms with van der Waals surface area (Å²) < 4.78 is 0. The number of aromatic nitrogens is 1. The Bertz CT molecular complexity index is 574. The Balaban J connectivity index is 2.16. The quantitative estimate of drug-likeness (QED) is 0.846. The Morgan fingerprint density at radius 3 is 2.78 bits per heavy atom. The van der Waals surface area contributed by atoms with Crippen molar-refractivity contribution in [2.24, 2.45) is 0 Å². The van der Waals surface area contributed by atoms with E-state index >= 15 is 0 Å². The third-order valence-corrected chi connectivity index (χ3v) is 3.94. The first-order valence-electron chi connectivity index (χ1n) is 6.51. The highest BCUT2D eigenvalue weighted by Crippen LogP contribution is 2.32. The molecule has 0 aliphatic carbocycles. The number of pyridine rings is 1. The number of piperidine rings is 1. The average Bonchev–Trinajstić information content (AvgIpc) is 2.39. The number of aryl methyl sites for hydroxylation is 1. The second-order valence-corrected chi connectivity index (χ2v) is 5.48. The molecule has 3 heteroatoms. The van der Waals surface area contributed by atoms with Gasteiger partial charge in [-0.3, -0.25) is 4.98 Å². The van der Waals surface area contributed by atoms with Crippen LogP contribution in [0.2, 0.25) is 5.02 Å². The highest BCUT2D eigenvalue weighted by Gasteiger charge is 2.18. The lowest BCUT2D eigenvalue weighted by Crippen LogP contribution is -2.26. The molecule has 2 aromatic rings. The summed E-state index contributed by atoms with van der Waals surface area (Å²) in [4.78, 5) is 4.60. The lowest BCUT2D eigenvalue weighted by molar-refractivity contribution is 0.462. The van der Waals surface area contributed by atoms with E-state index in [0.717, 1.165) is 29.3 Å². The van der Waals surface area contributed by atoms with Gasteiger partial charge in [-0.1, -0.05) is 11.6 Å². The first-order valence-corrected chi connectivity index (χ1v) is 6.89. The maximum absolute atomic E-state index is 6.13. The maximum Gasteiger partial charge on any atom is 0.0709 e. The van der Waals surface area contributed by atoms with Gasteiger partial charge in [-0.05, 0) is 68.6 Å². The number of benzene rings is 1. The summed E-state index contributed by atoms with van der Waals surface area (Å²) in [7, 11) is 0. The van der Waals surface area contributed by atoms with Crippen LogP contribution in [0.4, 0.5) is 0 Å². The Kier molecular flexibility index (Phi) is 3.23. The summed E-state index contributed by atoms with van der Waals surface area (Å²) in [6, 6.07) is 8.23. The number of halogens is 1. The minimum absolute atomic E-state index is 0.633. The molecular weight excluding hydrogens is 244 g/mol. The van der Waals surface area contributed by atoms with Crippen LogP contribution in [0, 0.1) is 6.92 Å². The lowest BCUT2D eigenvalue weighted by Gasteiger charge is -2.24. The average molecular weight is 261 g/mol. The predicted molar refractivity (Wildman–Crippen MR) is 76.3 cm³/mol. The van der Waals surface area contributed by atoms with E-state index in [9.17, 15) is 0 Å². The summed E-state index contributed by atoms with van der Waals surface area (Å²) in [6.45, 7) is 4.28. The Labute approximate surface area is 112 Å². The first kappa shape index (κ1) is 11.9. The molecule has 0 spiro atoms. The molecule has 1 aromatic heterocycles. The summed E-state index contributed by atoms with van der Waals surface area (Å²) in [5, 5.41) is 5.43. The minimum atomic E-state index is 0.633. The molecule has 0 saturated carbocycles. The molecule has 94 valence electrons. The van der Waals surface area contributed by atoms with Crippen LogP contribution < -0.4 is 5.32 Å². The van der Waals surface area contributed by atoms with Gasteiger partial charge in [0.15, 0.2) is 0 Å². The van der Waals surface area contributed by atoms with Crippen LogP contribution in [0.15, 0.2) is 24.3 Å². The number of nitrogens with one attached hydrogen (secondary N) is 1. The molecule has 1 aliphatic rings. The van der Waals surface area contributed by atoms with Gasteiger partial charge in [-0.15, -0.1) is 0 Å². The molecule has 1 N–H and O–H groups in total. The zero-order chi connectivity index (χ0) is 12.5. The molecule has 0 bridgehead atoms. The minimum Gasteiger partial charge on any atom is -0.317 e. The molecule has 1 aliphatic heterocycles. The van der Waals surface area contributed by atoms with Gasteiger partial charge in [0.2, 0.25) is 0 Å². The molecule has 2 nitrogen and oxygen atoms in total. The molecule has 3 rings (SSSR count).